The molecular formula is C15H19N3O3. The molecule has 1 heterocycles. The van der Waals surface area contributed by atoms with E-state index in [9.17, 15) is 14.7 Å². The van der Waals surface area contributed by atoms with Gasteiger partial charge >= 0.3 is 5.97 Å². The summed E-state index contributed by atoms with van der Waals surface area (Å²) in [6.07, 6.45) is 2.82. The van der Waals surface area contributed by atoms with Crippen molar-refractivity contribution in [3.05, 3.63) is 36.0 Å². The minimum atomic E-state index is -1.04. The van der Waals surface area contributed by atoms with Crippen LogP contribution >= 0.6 is 0 Å². The van der Waals surface area contributed by atoms with Crippen LogP contribution in [0.15, 0.2) is 30.5 Å². The van der Waals surface area contributed by atoms with Gasteiger partial charge in [-0.1, -0.05) is 18.2 Å². The van der Waals surface area contributed by atoms with Gasteiger partial charge in [-0.3, -0.25) is 4.79 Å². The summed E-state index contributed by atoms with van der Waals surface area (Å²) in [5.41, 5.74) is 7.16. The molecule has 0 saturated heterocycles. The lowest BCUT2D eigenvalue weighted by Crippen LogP contribution is -2.42. The van der Waals surface area contributed by atoms with E-state index >= 15 is 0 Å². The number of nitrogens with two attached hydrogens (primary N) is 1. The first-order chi connectivity index (χ1) is 10.1. The summed E-state index contributed by atoms with van der Waals surface area (Å²) >= 11 is 0. The summed E-state index contributed by atoms with van der Waals surface area (Å²) in [5.74, 6) is -1.32. The highest BCUT2D eigenvalue weighted by Gasteiger charge is 2.21. The first kappa shape index (κ1) is 15.1. The Kier molecular flexibility index (Phi) is 4.94. The van der Waals surface area contributed by atoms with E-state index in [1.807, 2.05) is 24.3 Å². The third kappa shape index (κ3) is 3.82. The molecule has 2 aromatic rings. The van der Waals surface area contributed by atoms with Gasteiger partial charge in [0, 0.05) is 29.9 Å². The molecule has 0 spiro atoms. The van der Waals surface area contributed by atoms with Crippen molar-refractivity contribution in [1.29, 1.82) is 0 Å². The van der Waals surface area contributed by atoms with Gasteiger partial charge in [0.05, 0.1) is 0 Å². The van der Waals surface area contributed by atoms with Gasteiger partial charge in [-0.2, -0.15) is 0 Å². The van der Waals surface area contributed by atoms with Crippen molar-refractivity contribution < 1.29 is 14.7 Å². The van der Waals surface area contributed by atoms with Crippen molar-refractivity contribution >= 4 is 22.8 Å². The number of carboxylic acids is 1. The van der Waals surface area contributed by atoms with Gasteiger partial charge in [0.1, 0.15) is 6.04 Å². The van der Waals surface area contributed by atoms with E-state index in [0.29, 0.717) is 13.0 Å². The molecule has 2 rings (SSSR count). The van der Waals surface area contributed by atoms with Crippen molar-refractivity contribution in [2.45, 2.75) is 25.3 Å². The maximum Gasteiger partial charge on any atom is 0.326 e. The normalized spacial score (nSPS) is 12.2. The minimum absolute atomic E-state index is 0.244. The van der Waals surface area contributed by atoms with E-state index in [1.165, 1.54) is 0 Å². The summed E-state index contributed by atoms with van der Waals surface area (Å²) in [6.45, 7) is 0.410. The first-order valence-corrected chi connectivity index (χ1v) is 6.89. The number of hydrogen-bond acceptors (Lipinski definition) is 3. The average molecular weight is 289 g/mol. The predicted octanol–water partition coefficient (Wildman–Crippen LogP) is 1.02. The van der Waals surface area contributed by atoms with Crippen LogP contribution in [0.3, 0.4) is 0 Å². The smallest absolute Gasteiger partial charge is 0.326 e. The second kappa shape index (κ2) is 6.90. The number of fused-ring (bicyclic) bond motifs is 1. The fraction of sp³-hybridized carbons (Fsp3) is 0.333. The maximum atomic E-state index is 11.7. The summed E-state index contributed by atoms with van der Waals surface area (Å²) < 4.78 is 0. The largest absolute Gasteiger partial charge is 0.480 e. The highest BCUT2D eigenvalue weighted by Crippen LogP contribution is 2.19. The highest BCUT2D eigenvalue weighted by molar-refractivity contribution is 5.86. The number of aliphatic carboxylic acids is 1. The lowest BCUT2D eigenvalue weighted by atomic mass is 10.0. The summed E-state index contributed by atoms with van der Waals surface area (Å²) in [7, 11) is 0. The predicted molar refractivity (Wildman–Crippen MR) is 79.9 cm³/mol. The van der Waals surface area contributed by atoms with Crippen LogP contribution in [0.25, 0.3) is 10.9 Å². The maximum absolute atomic E-state index is 11.7. The molecule has 0 saturated carbocycles. The standard InChI is InChI=1S/C15H19N3O3/c16-7-3-6-14(19)18-13(15(20)21)8-10-9-17-12-5-2-1-4-11(10)12/h1-2,4-5,9,13,17H,3,6-8,16H2,(H,18,19)(H,20,21). The van der Waals surface area contributed by atoms with Crippen molar-refractivity contribution in [2.75, 3.05) is 6.54 Å². The number of nitrogens with one attached hydrogen (secondary N) is 2. The number of aromatic nitrogens is 1. The van der Waals surface area contributed by atoms with Gasteiger partial charge in [0.2, 0.25) is 5.91 Å². The first-order valence-electron chi connectivity index (χ1n) is 6.89. The molecule has 112 valence electrons. The van der Waals surface area contributed by atoms with E-state index in [0.717, 1.165) is 16.5 Å². The lowest BCUT2D eigenvalue weighted by Gasteiger charge is -2.14. The third-order valence-electron chi connectivity index (χ3n) is 3.34. The molecule has 5 N–H and O–H groups in total. The molecule has 1 aromatic carbocycles. The van der Waals surface area contributed by atoms with Crippen LogP contribution in [0.4, 0.5) is 0 Å². The number of carbonyl (C=O) groups is 2. The molecule has 0 aliphatic heterocycles. The Morgan fingerprint density at radius 3 is 2.81 bits per heavy atom. The van der Waals surface area contributed by atoms with Crippen molar-refractivity contribution in [3.8, 4) is 0 Å². The van der Waals surface area contributed by atoms with E-state index < -0.39 is 12.0 Å². The number of hydrogen-bond donors (Lipinski definition) is 4. The number of benzene rings is 1. The lowest BCUT2D eigenvalue weighted by molar-refractivity contribution is -0.141. The molecule has 21 heavy (non-hydrogen) atoms. The molecule has 0 aliphatic rings. The average Bonchev–Trinajstić information content (AvgIpc) is 2.87. The van der Waals surface area contributed by atoms with Crippen LogP contribution in [-0.2, 0) is 16.0 Å². The molecule has 6 heteroatoms. The van der Waals surface area contributed by atoms with E-state index in [2.05, 4.69) is 10.3 Å². The molecule has 1 atom stereocenters. The van der Waals surface area contributed by atoms with Crippen LogP contribution in [0, 0.1) is 0 Å². The van der Waals surface area contributed by atoms with E-state index in [-0.39, 0.29) is 18.7 Å². The number of H-pyrrole nitrogens is 1. The molecule has 0 fully saturated rings. The monoisotopic (exact) mass is 289 g/mol. The molecule has 1 unspecified atom stereocenters. The number of carboxylic acid groups (broad SMARTS) is 1. The summed E-state index contributed by atoms with van der Waals surface area (Å²) in [5, 5.41) is 12.8. The summed E-state index contributed by atoms with van der Waals surface area (Å²) in [6, 6.07) is 6.72. The molecular weight excluding hydrogens is 270 g/mol. The molecule has 0 radical (unpaired) electrons. The zero-order valence-corrected chi connectivity index (χ0v) is 11.6. The fourth-order valence-corrected chi connectivity index (χ4v) is 2.25. The quantitative estimate of drug-likeness (QED) is 0.610. The second-order valence-electron chi connectivity index (χ2n) is 4.91. The van der Waals surface area contributed by atoms with Gasteiger partial charge in [-0.15, -0.1) is 0 Å². The molecule has 6 nitrogen and oxygen atoms in total. The van der Waals surface area contributed by atoms with Crippen molar-refractivity contribution in [1.82, 2.24) is 10.3 Å². The third-order valence-corrected chi connectivity index (χ3v) is 3.34. The molecule has 1 amide bonds. The Morgan fingerprint density at radius 1 is 1.33 bits per heavy atom. The topological polar surface area (TPSA) is 108 Å². The van der Waals surface area contributed by atoms with Gasteiger partial charge < -0.3 is 21.1 Å². The van der Waals surface area contributed by atoms with Crippen molar-refractivity contribution in [2.24, 2.45) is 5.73 Å². The van der Waals surface area contributed by atoms with E-state index in [1.54, 1.807) is 6.20 Å². The SMILES string of the molecule is NCCCC(=O)NC(Cc1c[nH]c2ccccc12)C(=O)O. The van der Waals surface area contributed by atoms with Crippen LogP contribution in [0.2, 0.25) is 0 Å². The molecule has 1 aromatic heterocycles. The molecule has 0 bridgehead atoms. The van der Waals surface area contributed by atoms with Crippen LogP contribution in [0.1, 0.15) is 18.4 Å². The zero-order chi connectivity index (χ0) is 15.2. The van der Waals surface area contributed by atoms with Crippen LogP contribution < -0.4 is 11.1 Å². The zero-order valence-electron chi connectivity index (χ0n) is 11.6. The Labute approximate surface area is 122 Å². The van der Waals surface area contributed by atoms with Crippen LogP contribution in [-0.4, -0.2) is 34.6 Å². The Balaban J connectivity index is 2.09. The minimum Gasteiger partial charge on any atom is -0.480 e. The second-order valence-corrected chi connectivity index (χ2v) is 4.91. The number of rotatable bonds is 7. The Morgan fingerprint density at radius 2 is 2.10 bits per heavy atom. The number of amides is 1. The number of aromatic amines is 1. The Hall–Kier alpha value is -2.34. The van der Waals surface area contributed by atoms with Gasteiger partial charge in [-0.25, -0.2) is 4.79 Å². The number of carbonyl (C=O) groups excluding carboxylic acids is 1. The fourth-order valence-electron chi connectivity index (χ4n) is 2.25. The van der Waals surface area contributed by atoms with Gasteiger partial charge in [-0.05, 0) is 24.6 Å². The summed E-state index contributed by atoms with van der Waals surface area (Å²) in [4.78, 5) is 26.1. The van der Waals surface area contributed by atoms with Crippen LogP contribution in [0.5, 0.6) is 0 Å². The Bertz CT molecular complexity index is 636. The van der Waals surface area contributed by atoms with Gasteiger partial charge in [0.25, 0.3) is 0 Å². The van der Waals surface area contributed by atoms with E-state index in [4.69, 9.17) is 5.73 Å². The number of para-hydroxylation sites is 1. The molecule has 0 aliphatic carbocycles. The van der Waals surface area contributed by atoms with Gasteiger partial charge in [0.15, 0.2) is 0 Å². The highest BCUT2D eigenvalue weighted by atomic mass is 16.4. The van der Waals surface area contributed by atoms with Crippen molar-refractivity contribution in [3.63, 3.8) is 0 Å².